The van der Waals surface area contributed by atoms with E-state index in [0.717, 1.165) is 0 Å². The fourth-order valence-electron chi connectivity index (χ4n) is 1.85. The number of rotatable bonds is 4. The average molecular weight is 232 g/mol. The lowest BCUT2D eigenvalue weighted by atomic mass is 10.0. The molecular formula is C13H16N2O2. The molecule has 0 aliphatic heterocycles. The van der Waals surface area contributed by atoms with Gasteiger partial charge in [0.05, 0.1) is 5.69 Å². The molecular weight excluding hydrogens is 216 g/mol. The second-order valence-electron chi connectivity index (χ2n) is 3.87. The molecule has 2 atom stereocenters. The minimum atomic E-state index is -0.958. The highest BCUT2D eigenvalue weighted by molar-refractivity contribution is 5.21. The molecule has 1 aromatic heterocycles. The summed E-state index contributed by atoms with van der Waals surface area (Å²) in [4.78, 5) is 0. The topological polar surface area (TPSA) is 58.3 Å². The third-order valence-corrected chi connectivity index (χ3v) is 2.79. The van der Waals surface area contributed by atoms with Gasteiger partial charge >= 0.3 is 0 Å². The van der Waals surface area contributed by atoms with Crippen LogP contribution in [-0.2, 0) is 6.54 Å². The number of aryl methyl sites for hydroxylation is 1. The fourth-order valence-corrected chi connectivity index (χ4v) is 1.85. The molecule has 0 aliphatic rings. The van der Waals surface area contributed by atoms with Crippen molar-refractivity contribution in [3.05, 3.63) is 53.9 Å². The Labute approximate surface area is 100 Å². The SMILES string of the molecule is CCn1nccc1C(O)C(O)c1ccccc1. The molecule has 0 bridgehead atoms. The first kappa shape index (κ1) is 11.8. The van der Waals surface area contributed by atoms with Gasteiger partial charge in [0.15, 0.2) is 0 Å². The van der Waals surface area contributed by atoms with E-state index in [0.29, 0.717) is 17.8 Å². The Hall–Kier alpha value is -1.65. The summed E-state index contributed by atoms with van der Waals surface area (Å²) >= 11 is 0. The number of aliphatic hydroxyl groups excluding tert-OH is 2. The summed E-state index contributed by atoms with van der Waals surface area (Å²) in [7, 11) is 0. The van der Waals surface area contributed by atoms with Crippen molar-refractivity contribution in [3.8, 4) is 0 Å². The van der Waals surface area contributed by atoms with Crippen LogP contribution in [0, 0.1) is 0 Å². The Balaban J connectivity index is 2.23. The summed E-state index contributed by atoms with van der Waals surface area (Å²) in [5, 5.41) is 24.3. The molecule has 0 radical (unpaired) electrons. The first-order valence-corrected chi connectivity index (χ1v) is 5.66. The molecule has 0 fully saturated rings. The minimum absolute atomic E-state index is 0.629. The van der Waals surface area contributed by atoms with Gasteiger partial charge in [-0.05, 0) is 18.6 Å². The van der Waals surface area contributed by atoms with Crippen LogP contribution < -0.4 is 0 Å². The largest absolute Gasteiger partial charge is 0.385 e. The van der Waals surface area contributed by atoms with Gasteiger partial charge in [-0.3, -0.25) is 4.68 Å². The molecule has 2 N–H and O–H groups in total. The van der Waals surface area contributed by atoms with Crippen LogP contribution in [0.5, 0.6) is 0 Å². The maximum absolute atomic E-state index is 10.1. The maximum Gasteiger partial charge on any atom is 0.126 e. The molecule has 2 aromatic rings. The highest BCUT2D eigenvalue weighted by Gasteiger charge is 2.22. The van der Waals surface area contributed by atoms with Gasteiger partial charge in [-0.2, -0.15) is 5.10 Å². The second-order valence-corrected chi connectivity index (χ2v) is 3.87. The normalized spacial score (nSPS) is 14.5. The lowest BCUT2D eigenvalue weighted by Gasteiger charge is -2.19. The van der Waals surface area contributed by atoms with Gasteiger partial charge < -0.3 is 10.2 Å². The minimum Gasteiger partial charge on any atom is -0.385 e. The standard InChI is InChI=1S/C13H16N2O2/c1-2-15-11(8-9-14-15)13(17)12(16)10-6-4-3-5-7-10/h3-9,12-13,16-17H,2H2,1H3. The highest BCUT2D eigenvalue weighted by Crippen LogP contribution is 2.28. The first-order chi connectivity index (χ1) is 8.24. The van der Waals surface area contributed by atoms with Gasteiger partial charge in [-0.1, -0.05) is 30.3 Å². The first-order valence-electron chi connectivity index (χ1n) is 5.66. The Bertz CT molecular complexity index is 467. The number of benzene rings is 1. The number of hydrogen-bond donors (Lipinski definition) is 2. The van der Waals surface area contributed by atoms with Gasteiger partial charge in [0, 0.05) is 12.7 Å². The van der Waals surface area contributed by atoms with Crippen molar-refractivity contribution in [2.24, 2.45) is 0 Å². The molecule has 90 valence electrons. The van der Waals surface area contributed by atoms with Gasteiger partial charge in [0.1, 0.15) is 12.2 Å². The molecule has 4 heteroatoms. The van der Waals surface area contributed by atoms with Crippen LogP contribution in [0.1, 0.15) is 30.4 Å². The fraction of sp³-hybridized carbons (Fsp3) is 0.308. The van der Waals surface area contributed by atoms with Crippen molar-refractivity contribution in [1.29, 1.82) is 0 Å². The zero-order chi connectivity index (χ0) is 12.3. The lowest BCUT2D eigenvalue weighted by molar-refractivity contribution is 0.0119. The summed E-state index contributed by atoms with van der Waals surface area (Å²) in [6.07, 6.45) is -0.266. The van der Waals surface area contributed by atoms with Crippen molar-refractivity contribution in [3.63, 3.8) is 0 Å². The molecule has 0 spiro atoms. The van der Waals surface area contributed by atoms with E-state index in [2.05, 4.69) is 5.10 Å². The summed E-state index contributed by atoms with van der Waals surface area (Å²) in [5.74, 6) is 0. The monoisotopic (exact) mass is 232 g/mol. The van der Waals surface area contributed by atoms with E-state index in [1.54, 1.807) is 29.1 Å². The molecule has 2 rings (SSSR count). The highest BCUT2D eigenvalue weighted by atomic mass is 16.3. The molecule has 2 unspecified atom stereocenters. The third-order valence-electron chi connectivity index (χ3n) is 2.79. The van der Waals surface area contributed by atoms with Crippen molar-refractivity contribution in [2.45, 2.75) is 25.7 Å². The van der Waals surface area contributed by atoms with Gasteiger partial charge in [-0.15, -0.1) is 0 Å². The predicted molar refractivity (Wildman–Crippen MR) is 64.3 cm³/mol. The number of hydrogen-bond acceptors (Lipinski definition) is 3. The Kier molecular flexibility index (Phi) is 3.56. The lowest BCUT2D eigenvalue weighted by Crippen LogP contribution is -2.15. The third kappa shape index (κ3) is 2.38. The Morgan fingerprint density at radius 2 is 1.82 bits per heavy atom. The zero-order valence-electron chi connectivity index (χ0n) is 9.69. The van der Waals surface area contributed by atoms with E-state index >= 15 is 0 Å². The smallest absolute Gasteiger partial charge is 0.126 e. The molecule has 0 amide bonds. The molecule has 0 aliphatic carbocycles. The van der Waals surface area contributed by atoms with E-state index in [4.69, 9.17) is 0 Å². The summed E-state index contributed by atoms with van der Waals surface area (Å²) in [5.41, 5.74) is 1.33. The average Bonchev–Trinajstić information content (AvgIpc) is 2.86. The quantitative estimate of drug-likeness (QED) is 0.843. The van der Waals surface area contributed by atoms with Gasteiger partial charge in [0.25, 0.3) is 0 Å². The van der Waals surface area contributed by atoms with Crippen LogP contribution in [0.25, 0.3) is 0 Å². The predicted octanol–water partition coefficient (Wildman–Crippen LogP) is 1.67. The molecule has 17 heavy (non-hydrogen) atoms. The summed E-state index contributed by atoms with van der Waals surface area (Å²) < 4.78 is 1.68. The van der Waals surface area contributed by atoms with Crippen molar-refractivity contribution >= 4 is 0 Å². The van der Waals surface area contributed by atoms with Crippen molar-refractivity contribution < 1.29 is 10.2 Å². The number of aliphatic hydroxyl groups is 2. The number of nitrogens with zero attached hydrogens (tertiary/aromatic N) is 2. The molecule has 4 nitrogen and oxygen atoms in total. The van der Waals surface area contributed by atoms with Crippen LogP contribution in [0.3, 0.4) is 0 Å². The van der Waals surface area contributed by atoms with E-state index in [9.17, 15) is 10.2 Å². The van der Waals surface area contributed by atoms with E-state index in [-0.39, 0.29) is 0 Å². The Morgan fingerprint density at radius 1 is 1.12 bits per heavy atom. The molecule has 1 heterocycles. The summed E-state index contributed by atoms with van der Waals surface area (Å²) in [6.45, 7) is 2.61. The van der Waals surface area contributed by atoms with Crippen LogP contribution >= 0.6 is 0 Å². The molecule has 1 aromatic carbocycles. The van der Waals surface area contributed by atoms with Crippen LogP contribution in [-0.4, -0.2) is 20.0 Å². The van der Waals surface area contributed by atoms with Crippen LogP contribution in [0.4, 0.5) is 0 Å². The van der Waals surface area contributed by atoms with E-state index in [1.807, 2.05) is 25.1 Å². The second kappa shape index (κ2) is 5.12. The Morgan fingerprint density at radius 3 is 2.47 bits per heavy atom. The zero-order valence-corrected chi connectivity index (χ0v) is 9.69. The van der Waals surface area contributed by atoms with E-state index in [1.165, 1.54) is 0 Å². The van der Waals surface area contributed by atoms with Gasteiger partial charge in [0.2, 0.25) is 0 Å². The van der Waals surface area contributed by atoms with Crippen molar-refractivity contribution in [1.82, 2.24) is 9.78 Å². The molecule has 0 saturated carbocycles. The van der Waals surface area contributed by atoms with Gasteiger partial charge in [-0.25, -0.2) is 0 Å². The molecule has 0 saturated heterocycles. The van der Waals surface area contributed by atoms with Crippen molar-refractivity contribution in [2.75, 3.05) is 0 Å². The maximum atomic E-state index is 10.1. The van der Waals surface area contributed by atoms with Crippen LogP contribution in [0.2, 0.25) is 0 Å². The van der Waals surface area contributed by atoms with Crippen LogP contribution in [0.15, 0.2) is 42.6 Å². The van der Waals surface area contributed by atoms with E-state index < -0.39 is 12.2 Å². The summed E-state index contributed by atoms with van der Waals surface area (Å²) in [6, 6.07) is 10.9. The number of aromatic nitrogens is 2.